The minimum absolute atomic E-state index is 0.0482. The van der Waals surface area contributed by atoms with Gasteiger partial charge in [-0.2, -0.15) is 0 Å². The van der Waals surface area contributed by atoms with E-state index in [-0.39, 0.29) is 18.6 Å². The monoisotopic (exact) mass is 259 g/mol. The lowest BCUT2D eigenvalue weighted by Crippen LogP contribution is -2.37. The number of rotatable bonds is 3. The first-order chi connectivity index (χ1) is 8.19. The van der Waals surface area contributed by atoms with Gasteiger partial charge in [-0.25, -0.2) is 9.59 Å². The van der Waals surface area contributed by atoms with E-state index in [9.17, 15) is 9.59 Å². The normalized spacial score (nSPS) is 27.9. The topological polar surface area (TPSA) is 84.9 Å². The van der Waals surface area contributed by atoms with E-state index in [0.717, 1.165) is 0 Å². The molecule has 0 aromatic rings. The van der Waals surface area contributed by atoms with Crippen LogP contribution in [0.15, 0.2) is 0 Å². The number of carboxylic acids is 1. The number of carboxylic acid groups (broad SMARTS) is 1. The van der Waals surface area contributed by atoms with Crippen molar-refractivity contribution >= 4 is 12.1 Å². The number of nitrogens with one attached hydrogen (secondary N) is 1. The maximum absolute atomic E-state index is 11.4. The molecule has 0 spiro atoms. The third-order valence-corrected chi connectivity index (χ3v) is 2.61. The molecule has 0 aromatic carbocycles. The molecule has 1 fully saturated rings. The van der Waals surface area contributed by atoms with E-state index in [2.05, 4.69) is 5.32 Å². The Balaban J connectivity index is 2.33. The maximum Gasteiger partial charge on any atom is 0.407 e. The molecule has 6 nitrogen and oxygen atoms in total. The Morgan fingerprint density at radius 3 is 2.50 bits per heavy atom. The number of aliphatic carboxylic acids is 1. The number of hydrogen-bond donors (Lipinski definition) is 2. The molecule has 2 N–H and O–H groups in total. The van der Waals surface area contributed by atoms with Gasteiger partial charge in [-0.3, -0.25) is 0 Å². The number of hydrogen-bond acceptors (Lipinski definition) is 4. The van der Waals surface area contributed by atoms with Gasteiger partial charge in [0.2, 0.25) is 0 Å². The molecule has 0 radical (unpaired) electrons. The molecule has 1 rings (SSSR count). The third kappa shape index (κ3) is 4.52. The molecular weight excluding hydrogens is 238 g/mol. The van der Waals surface area contributed by atoms with Crippen LogP contribution in [0.4, 0.5) is 4.79 Å². The van der Waals surface area contributed by atoms with Crippen LogP contribution in [0.1, 0.15) is 34.1 Å². The molecule has 0 bridgehead atoms. The Morgan fingerprint density at radius 1 is 1.44 bits per heavy atom. The summed E-state index contributed by atoms with van der Waals surface area (Å²) in [4.78, 5) is 22.3. The molecule has 1 amide bonds. The highest BCUT2D eigenvalue weighted by Gasteiger charge is 2.37. The quantitative estimate of drug-likeness (QED) is 0.800. The Kier molecular flexibility index (Phi) is 4.56. The highest BCUT2D eigenvalue weighted by atomic mass is 16.6. The smallest absolute Gasteiger partial charge is 0.407 e. The summed E-state index contributed by atoms with van der Waals surface area (Å²) in [5.41, 5.74) is -0.544. The van der Waals surface area contributed by atoms with Crippen molar-refractivity contribution in [2.45, 2.75) is 51.9 Å². The molecule has 0 aromatic heterocycles. The minimum Gasteiger partial charge on any atom is -0.479 e. The van der Waals surface area contributed by atoms with E-state index >= 15 is 0 Å². The van der Waals surface area contributed by atoms with Crippen molar-refractivity contribution in [3.8, 4) is 0 Å². The van der Waals surface area contributed by atoms with Crippen LogP contribution in [0.3, 0.4) is 0 Å². The number of carbonyl (C=O) groups excluding carboxylic acids is 1. The molecule has 1 aliphatic heterocycles. The predicted molar refractivity (Wildman–Crippen MR) is 64.3 cm³/mol. The number of carbonyl (C=O) groups is 2. The average Bonchev–Trinajstić information content (AvgIpc) is 2.54. The summed E-state index contributed by atoms with van der Waals surface area (Å²) >= 11 is 0. The van der Waals surface area contributed by atoms with Gasteiger partial charge < -0.3 is 19.9 Å². The van der Waals surface area contributed by atoms with Crippen molar-refractivity contribution in [3.63, 3.8) is 0 Å². The van der Waals surface area contributed by atoms with Crippen molar-refractivity contribution in [2.24, 2.45) is 5.92 Å². The summed E-state index contributed by atoms with van der Waals surface area (Å²) in [5, 5.41) is 11.5. The summed E-state index contributed by atoms with van der Waals surface area (Å²) in [7, 11) is 0. The fourth-order valence-corrected chi connectivity index (χ4v) is 1.88. The largest absolute Gasteiger partial charge is 0.479 e. The second-order valence-corrected chi connectivity index (χ2v) is 5.61. The fourth-order valence-electron chi connectivity index (χ4n) is 1.88. The molecule has 0 aliphatic carbocycles. The van der Waals surface area contributed by atoms with Gasteiger partial charge in [-0.1, -0.05) is 6.92 Å². The van der Waals surface area contributed by atoms with Crippen LogP contribution in [0.5, 0.6) is 0 Å². The fraction of sp³-hybridized carbons (Fsp3) is 0.833. The van der Waals surface area contributed by atoms with E-state index in [1.165, 1.54) is 0 Å². The van der Waals surface area contributed by atoms with Gasteiger partial charge in [-0.15, -0.1) is 0 Å². The Morgan fingerprint density at radius 2 is 2.06 bits per heavy atom. The van der Waals surface area contributed by atoms with Crippen LogP contribution in [-0.4, -0.2) is 41.5 Å². The summed E-state index contributed by atoms with van der Waals surface area (Å²) in [6.45, 7) is 7.43. The van der Waals surface area contributed by atoms with Gasteiger partial charge in [0.05, 0.1) is 6.10 Å². The van der Waals surface area contributed by atoms with E-state index in [1.54, 1.807) is 20.8 Å². The van der Waals surface area contributed by atoms with E-state index in [4.69, 9.17) is 14.6 Å². The van der Waals surface area contributed by atoms with Crippen molar-refractivity contribution in [1.29, 1.82) is 0 Å². The van der Waals surface area contributed by atoms with Crippen LogP contribution in [0, 0.1) is 5.92 Å². The van der Waals surface area contributed by atoms with Crippen molar-refractivity contribution in [2.75, 3.05) is 6.54 Å². The average molecular weight is 259 g/mol. The lowest BCUT2D eigenvalue weighted by molar-refractivity contribution is -0.150. The zero-order valence-electron chi connectivity index (χ0n) is 11.2. The van der Waals surface area contributed by atoms with Crippen LogP contribution in [-0.2, 0) is 14.3 Å². The van der Waals surface area contributed by atoms with Crippen LogP contribution < -0.4 is 5.32 Å². The molecule has 0 unspecified atom stereocenters. The number of ether oxygens (including phenoxy) is 2. The van der Waals surface area contributed by atoms with Gasteiger partial charge in [0, 0.05) is 6.54 Å². The molecule has 6 heteroatoms. The van der Waals surface area contributed by atoms with Gasteiger partial charge in [0.15, 0.2) is 6.10 Å². The van der Waals surface area contributed by atoms with E-state index < -0.39 is 23.8 Å². The van der Waals surface area contributed by atoms with E-state index in [1.807, 2.05) is 6.92 Å². The van der Waals surface area contributed by atoms with Gasteiger partial charge in [0.25, 0.3) is 0 Å². The second kappa shape index (κ2) is 5.56. The highest BCUT2D eigenvalue weighted by molar-refractivity contribution is 5.73. The second-order valence-electron chi connectivity index (χ2n) is 5.61. The first-order valence-electron chi connectivity index (χ1n) is 6.04. The van der Waals surface area contributed by atoms with Crippen LogP contribution >= 0.6 is 0 Å². The van der Waals surface area contributed by atoms with Gasteiger partial charge in [-0.05, 0) is 33.1 Å². The molecule has 0 saturated carbocycles. The van der Waals surface area contributed by atoms with Crippen LogP contribution in [0.2, 0.25) is 0 Å². The van der Waals surface area contributed by atoms with Crippen molar-refractivity contribution in [1.82, 2.24) is 5.32 Å². The first kappa shape index (κ1) is 14.8. The number of amides is 1. The lowest BCUT2D eigenvalue weighted by atomic mass is 10.0. The Hall–Kier alpha value is -1.30. The standard InChI is InChI=1S/C12H21NO5/c1-7-5-8(17-9(7)10(14)15)6-13-11(16)18-12(2,3)4/h7-9H,5-6H2,1-4H3,(H,13,16)(H,14,15)/t7-,8+,9-/m1/s1. The predicted octanol–water partition coefficient (Wildman–Crippen LogP) is 1.39. The zero-order valence-corrected chi connectivity index (χ0v) is 11.2. The van der Waals surface area contributed by atoms with Crippen LogP contribution in [0.25, 0.3) is 0 Å². The molecule has 1 saturated heterocycles. The van der Waals surface area contributed by atoms with Gasteiger partial charge >= 0.3 is 12.1 Å². The van der Waals surface area contributed by atoms with Crippen molar-refractivity contribution < 1.29 is 24.2 Å². The summed E-state index contributed by atoms with van der Waals surface area (Å²) < 4.78 is 10.4. The maximum atomic E-state index is 11.4. The summed E-state index contributed by atoms with van der Waals surface area (Å²) in [6.07, 6.45) is -0.950. The minimum atomic E-state index is -0.956. The summed E-state index contributed by atoms with van der Waals surface area (Å²) in [6, 6.07) is 0. The lowest BCUT2D eigenvalue weighted by Gasteiger charge is -2.20. The molecule has 18 heavy (non-hydrogen) atoms. The Labute approximate surface area is 107 Å². The number of alkyl carbamates (subject to hydrolysis) is 1. The van der Waals surface area contributed by atoms with E-state index in [0.29, 0.717) is 6.42 Å². The molecule has 1 heterocycles. The highest BCUT2D eigenvalue weighted by Crippen LogP contribution is 2.25. The molecule has 1 aliphatic rings. The SMILES string of the molecule is C[C@@H]1C[C@@H](CNC(=O)OC(C)(C)C)O[C@H]1C(=O)O. The molecule has 3 atom stereocenters. The van der Waals surface area contributed by atoms with Gasteiger partial charge in [0.1, 0.15) is 5.60 Å². The first-order valence-corrected chi connectivity index (χ1v) is 6.04. The Bertz CT molecular complexity index is 323. The zero-order chi connectivity index (χ0) is 13.9. The molecular formula is C12H21NO5. The third-order valence-electron chi connectivity index (χ3n) is 2.61. The van der Waals surface area contributed by atoms with Crippen molar-refractivity contribution in [3.05, 3.63) is 0 Å². The molecule has 104 valence electrons. The summed E-state index contributed by atoms with van der Waals surface area (Å²) in [5.74, 6) is -1.00.